The van der Waals surface area contributed by atoms with Gasteiger partial charge < -0.3 is 14.8 Å². The Bertz CT molecular complexity index is 530. The second-order valence-electron chi connectivity index (χ2n) is 7.65. The summed E-state index contributed by atoms with van der Waals surface area (Å²) in [5, 5.41) is 6.28. The van der Waals surface area contributed by atoms with E-state index in [1.54, 1.807) is 0 Å². The lowest BCUT2D eigenvalue weighted by Crippen LogP contribution is -2.47. The van der Waals surface area contributed by atoms with Crippen LogP contribution >= 0.6 is 0 Å². The standard InChI is InChI=1S/C18H28N2O3/c1-13(19-10-18(5)11-22-12-18)14-6-8-15(9-7-14)20-16(21)23-17(2,3)4/h6-9,13,19H,10-12H2,1-5H3,(H,20,21). The van der Waals surface area contributed by atoms with E-state index in [-0.39, 0.29) is 11.5 Å². The molecule has 1 saturated heterocycles. The largest absolute Gasteiger partial charge is 0.444 e. The van der Waals surface area contributed by atoms with Crippen LogP contribution in [0.2, 0.25) is 0 Å². The van der Waals surface area contributed by atoms with Crippen molar-refractivity contribution in [3.63, 3.8) is 0 Å². The maximum absolute atomic E-state index is 11.7. The fourth-order valence-electron chi connectivity index (χ4n) is 2.35. The predicted octanol–water partition coefficient (Wildman–Crippen LogP) is 3.72. The van der Waals surface area contributed by atoms with Crippen LogP contribution in [0.4, 0.5) is 10.5 Å². The predicted molar refractivity (Wildman–Crippen MR) is 91.6 cm³/mol. The number of carbonyl (C=O) groups excluding carboxylic acids is 1. The molecular formula is C18H28N2O3. The van der Waals surface area contributed by atoms with Crippen molar-refractivity contribution < 1.29 is 14.3 Å². The number of amides is 1. The summed E-state index contributed by atoms with van der Waals surface area (Å²) in [6.07, 6.45) is -0.436. The summed E-state index contributed by atoms with van der Waals surface area (Å²) in [5.41, 5.74) is 1.68. The molecule has 0 spiro atoms. The molecule has 128 valence electrons. The molecule has 5 heteroatoms. The highest BCUT2D eigenvalue weighted by Crippen LogP contribution is 2.26. The first-order valence-corrected chi connectivity index (χ1v) is 8.08. The van der Waals surface area contributed by atoms with E-state index in [0.717, 1.165) is 25.4 Å². The van der Waals surface area contributed by atoms with E-state index in [1.165, 1.54) is 5.56 Å². The number of hydrogen-bond donors (Lipinski definition) is 2. The molecule has 0 bridgehead atoms. The zero-order chi connectivity index (χ0) is 17.1. The summed E-state index contributed by atoms with van der Waals surface area (Å²) in [7, 11) is 0. The van der Waals surface area contributed by atoms with Gasteiger partial charge in [0, 0.05) is 23.7 Å². The SMILES string of the molecule is CC(NCC1(C)COC1)c1ccc(NC(=O)OC(C)(C)C)cc1. The maximum Gasteiger partial charge on any atom is 0.412 e. The molecule has 0 aromatic heterocycles. The van der Waals surface area contributed by atoms with Crippen molar-refractivity contribution >= 4 is 11.8 Å². The average Bonchev–Trinajstić information content (AvgIpc) is 2.41. The molecule has 2 N–H and O–H groups in total. The second-order valence-corrected chi connectivity index (χ2v) is 7.65. The molecule has 1 aromatic rings. The number of rotatable bonds is 5. The Balaban J connectivity index is 1.84. The summed E-state index contributed by atoms with van der Waals surface area (Å²) in [4.78, 5) is 11.7. The maximum atomic E-state index is 11.7. The zero-order valence-corrected chi connectivity index (χ0v) is 14.7. The van der Waals surface area contributed by atoms with Crippen LogP contribution in [0.15, 0.2) is 24.3 Å². The molecule has 1 heterocycles. The molecule has 1 aliphatic heterocycles. The van der Waals surface area contributed by atoms with Crippen molar-refractivity contribution in [2.45, 2.75) is 46.3 Å². The number of nitrogens with one attached hydrogen (secondary N) is 2. The van der Waals surface area contributed by atoms with Gasteiger partial charge in [-0.05, 0) is 45.4 Å². The molecule has 0 aliphatic carbocycles. The minimum absolute atomic E-state index is 0.253. The summed E-state index contributed by atoms with van der Waals surface area (Å²) in [6.45, 7) is 12.5. The van der Waals surface area contributed by atoms with Gasteiger partial charge >= 0.3 is 6.09 Å². The van der Waals surface area contributed by atoms with Gasteiger partial charge in [0.15, 0.2) is 0 Å². The first-order chi connectivity index (χ1) is 10.7. The van der Waals surface area contributed by atoms with Crippen LogP contribution in [0.3, 0.4) is 0 Å². The van der Waals surface area contributed by atoms with Crippen LogP contribution in [0.1, 0.15) is 46.2 Å². The third kappa shape index (κ3) is 5.52. The quantitative estimate of drug-likeness (QED) is 0.868. The van der Waals surface area contributed by atoms with E-state index in [9.17, 15) is 4.79 Å². The Hall–Kier alpha value is -1.59. The average molecular weight is 320 g/mol. The van der Waals surface area contributed by atoms with Gasteiger partial charge in [0.05, 0.1) is 13.2 Å². The van der Waals surface area contributed by atoms with E-state index in [2.05, 4.69) is 24.5 Å². The Labute approximate surface area is 138 Å². The Morgan fingerprint density at radius 1 is 1.30 bits per heavy atom. The smallest absolute Gasteiger partial charge is 0.412 e. The van der Waals surface area contributed by atoms with Crippen LogP contribution in [0.5, 0.6) is 0 Å². The molecule has 23 heavy (non-hydrogen) atoms. The molecule has 1 fully saturated rings. The fraction of sp³-hybridized carbons (Fsp3) is 0.611. The second kappa shape index (κ2) is 6.89. The molecule has 1 unspecified atom stereocenters. The van der Waals surface area contributed by atoms with E-state index in [4.69, 9.17) is 9.47 Å². The van der Waals surface area contributed by atoms with E-state index in [1.807, 2.05) is 45.0 Å². The van der Waals surface area contributed by atoms with Crippen LogP contribution in [0, 0.1) is 5.41 Å². The highest BCUT2D eigenvalue weighted by Gasteiger charge is 2.33. The first-order valence-electron chi connectivity index (χ1n) is 8.08. The molecule has 0 saturated carbocycles. The van der Waals surface area contributed by atoms with Gasteiger partial charge in [0.2, 0.25) is 0 Å². The molecular weight excluding hydrogens is 292 g/mol. The third-order valence-corrected chi connectivity index (χ3v) is 3.79. The molecule has 1 aromatic carbocycles. The number of anilines is 1. The van der Waals surface area contributed by atoms with Crippen molar-refractivity contribution in [3.8, 4) is 0 Å². The number of carbonyl (C=O) groups is 1. The van der Waals surface area contributed by atoms with Gasteiger partial charge in [-0.15, -0.1) is 0 Å². The van der Waals surface area contributed by atoms with Gasteiger partial charge in [-0.3, -0.25) is 5.32 Å². The van der Waals surface area contributed by atoms with Crippen LogP contribution in [-0.4, -0.2) is 31.5 Å². The summed E-state index contributed by atoms with van der Waals surface area (Å²) >= 11 is 0. The van der Waals surface area contributed by atoms with Gasteiger partial charge in [0.25, 0.3) is 0 Å². The molecule has 1 atom stereocenters. The van der Waals surface area contributed by atoms with Crippen LogP contribution in [-0.2, 0) is 9.47 Å². The molecule has 1 amide bonds. The normalized spacial score (nSPS) is 18.0. The molecule has 0 radical (unpaired) electrons. The van der Waals surface area contributed by atoms with Gasteiger partial charge in [-0.25, -0.2) is 4.79 Å². The molecule has 5 nitrogen and oxygen atoms in total. The van der Waals surface area contributed by atoms with Gasteiger partial charge in [-0.1, -0.05) is 19.1 Å². The lowest BCUT2D eigenvalue weighted by atomic mass is 9.88. The highest BCUT2D eigenvalue weighted by atomic mass is 16.6. The molecule has 1 aliphatic rings. The van der Waals surface area contributed by atoms with Crippen LogP contribution in [0.25, 0.3) is 0 Å². The van der Waals surface area contributed by atoms with Gasteiger partial charge in [-0.2, -0.15) is 0 Å². The number of hydrogen-bond acceptors (Lipinski definition) is 4. The third-order valence-electron chi connectivity index (χ3n) is 3.79. The fourth-order valence-corrected chi connectivity index (χ4v) is 2.35. The van der Waals surface area contributed by atoms with Crippen molar-refractivity contribution in [2.24, 2.45) is 5.41 Å². The van der Waals surface area contributed by atoms with Crippen molar-refractivity contribution in [2.75, 3.05) is 25.1 Å². The summed E-state index contributed by atoms with van der Waals surface area (Å²) in [6, 6.07) is 8.08. The zero-order valence-electron chi connectivity index (χ0n) is 14.7. The number of benzene rings is 1. The van der Waals surface area contributed by atoms with Gasteiger partial charge in [0.1, 0.15) is 5.60 Å². The summed E-state index contributed by atoms with van der Waals surface area (Å²) in [5.74, 6) is 0. The highest BCUT2D eigenvalue weighted by molar-refractivity contribution is 5.84. The topological polar surface area (TPSA) is 59.6 Å². The van der Waals surface area contributed by atoms with E-state index >= 15 is 0 Å². The van der Waals surface area contributed by atoms with Crippen LogP contribution < -0.4 is 10.6 Å². The van der Waals surface area contributed by atoms with Crippen molar-refractivity contribution in [1.82, 2.24) is 5.32 Å². The van der Waals surface area contributed by atoms with Crippen molar-refractivity contribution in [1.29, 1.82) is 0 Å². The minimum Gasteiger partial charge on any atom is -0.444 e. The first kappa shape index (κ1) is 17.8. The molecule has 2 rings (SSSR count). The van der Waals surface area contributed by atoms with E-state index in [0.29, 0.717) is 0 Å². The van der Waals surface area contributed by atoms with Crippen molar-refractivity contribution in [3.05, 3.63) is 29.8 Å². The number of ether oxygens (including phenoxy) is 2. The minimum atomic E-state index is -0.496. The Morgan fingerprint density at radius 3 is 2.39 bits per heavy atom. The lowest BCUT2D eigenvalue weighted by Gasteiger charge is -2.39. The van der Waals surface area contributed by atoms with E-state index < -0.39 is 11.7 Å². The Kier molecular flexibility index (Phi) is 5.32. The monoisotopic (exact) mass is 320 g/mol. The lowest BCUT2D eigenvalue weighted by molar-refractivity contribution is -0.0999. The Morgan fingerprint density at radius 2 is 1.91 bits per heavy atom. The summed E-state index contributed by atoms with van der Waals surface area (Å²) < 4.78 is 10.5.